The van der Waals surface area contributed by atoms with E-state index in [4.69, 9.17) is 4.74 Å². The summed E-state index contributed by atoms with van der Waals surface area (Å²) in [5.41, 5.74) is 6.39. The van der Waals surface area contributed by atoms with Gasteiger partial charge in [0.25, 0.3) is 17.5 Å². The van der Waals surface area contributed by atoms with E-state index in [-0.39, 0.29) is 17.9 Å². The molecule has 3 aromatic rings. The Kier molecular flexibility index (Phi) is 7.10. The average Bonchev–Trinajstić information content (AvgIpc) is 2.81. The number of benzene rings is 3. The summed E-state index contributed by atoms with van der Waals surface area (Å²) in [6.07, 6.45) is 2.39. The van der Waals surface area contributed by atoms with Gasteiger partial charge in [0.2, 0.25) is 0 Å². The van der Waals surface area contributed by atoms with Crippen LogP contribution in [0.4, 0.5) is 5.69 Å². The van der Waals surface area contributed by atoms with E-state index >= 15 is 0 Å². The molecule has 0 heterocycles. The van der Waals surface area contributed by atoms with Crippen molar-refractivity contribution in [1.29, 1.82) is 0 Å². The number of hydrazine groups is 1. The monoisotopic (exact) mass is 417 g/mol. The highest BCUT2D eigenvalue weighted by atomic mass is 16.6. The first-order valence-electron chi connectivity index (χ1n) is 9.32. The van der Waals surface area contributed by atoms with Gasteiger partial charge in [0.1, 0.15) is 5.75 Å². The number of ether oxygens (including phenoxy) is 1. The lowest BCUT2D eigenvalue weighted by Gasteiger charge is -2.12. The van der Waals surface area contributed by atoms with Crippen molar-refractivity contribution >= 4 is 23.6 Å². The van der Waals surface area contributed by atoms with E-state index in [1.54, 1.807) is 18.2 Å². The molecule has 2 amide bonds. The molecular weight excluding hydrogens is 398 g/mol. The maximum Gasteiger partial charge on any atom is 0.276 e. The zero-order valence-corrected chi connectivity index (χ0v) is 16.4. The summed E-state index contributed by atoms with van der Waals surface area (Å²) in [6, 6.07) is 22.9. The molecule has 0 unspecified atom stereocenters. The first-order chi connectivity index (χ1) is 15.0. The topological polar surface area (TPSA) is 111 Å². The Morgan fingerprint density at radius 3 is 2.35 bits per heavy atom. The molecule has 0 aliphatic carbocycles. The Labute approximate surface area is 178 Å². The predicted molar refractivity (Wildman–Crippen MR) is 116 cm³/mol. The highest BCUT2D eigenvalue weighted by Gasteiger charge is 2.11. The molecule has 8 heteroatoms. The third-order valence-corrected chi connectivity index (χ3v) is 4.20. The van der Waals surface area contributed by atoms with Crippen molar-refractivity contribution in [3.63, 3.8) is 0 Å². The summed E-state index contributed by atoms with van der Waals surface area (Å²) in [4.78, 5) is 34.4. The molecule has 0 spiro atoms. The summed E-state index contributed by atoms with van der Waals surface area (Å²) in [7, 11) is 0. The zero-order valence-electron chi connectivity index (χ0n) is 16.4. The molecule has 0 aliphatic rings. The van der Waals surface area contributed by atoms with Crippen molar-refractivity contribution in [2.75, 3.05) is 6.61 Å². The second-order valence-electron chi connectivity index (χ2n) is 6.34. The Morgan fingerprint density at radius 1 is 0.903 bits per heavy atom. The van der Waals surface area contributed by atoms with Gasteiger partial charge in [-0.3, -0.25) is 30.6 Å². The molecule has 0 aromatic heterocycles. The van der Waals surface area contributed by atoms with Crippen LogP contribution in [-0.4, -0.2) is 23.3 Å². The smallest absolute Gasteiger partial charge is 0.276 e. The number of amides is 2. The van der Waals surface area contributed by atoms with Gasteiger partial charge in [-0.05, 0) is 23.8 Å². The predicted octanol–water partition coefficient (Wildman–Crippen LogP) is 3.50. The number of carbonyl (C=O) groups excluding carboxylic acids is 2. The average molecular weight is 417 g/mol. The molecule has 8 nitrogen and oxygen atoms in total. The SMILES string of the molecule is O=C(/C=C/c1ccccc1[N+](=O)[O-])NNC(=O)COc1ccccc1-c1ccccc1. The van der Waals surface area contributed by atoms with Crippen molar-refractivity contribution < 1.29 is 19.2 Å². The molecule has 0 atom stereocenters. The van der Waals surface area contributed by atoms with Crippen LogP contribution in [-0.2, 0) is 9.59 Å². The van der Waals surface area contributed by atoms with Crippen molar-refractivity contribution in [2.24, 2.45) is 0 Å². The second-order valence-corrected chi connectivity index (χ2v) is 6.34. The maximum atomic E-state index is 12.0. The van der Waals surface area contributed by atoms with Gasteiger partial charge < -0.3 is 4.74 Å². The summed E-state index contributed by atoms with van der Waals surface area (Å²) in [5, 5.41) is 11.0. The van der Waals surface area contributed by atoms with Gasteiger partial charge >= 0.3 is 0 Å². The Hall–Kier alpha value is -4.46. The maximum absolute atomic E-state index is 12.0. The number of hydrogen-bond acceptors (Lipinski definition) is 5. The van der Waals surface area contributed by atoms with Crippen LogP contribution in [0.15, 0.2) is 84.9 Å². The highest BCUT2D eigenvalue weighted by molar-refractivity contribution is 5.93. The third kappa shape index (κ3) is 6.01. The zero-order chi connectivity index (χ0) is 22.1. The highest BCUT2D eigenvalue weighted by Crippen LogP contribution is 2.29. The molecule has 0 saturated heterocycles. The lowest BCUT2D eigenvalue weighted by molar-refractivity contribution is -0.385. The fraction of sp³-hybridized carbons (Fsp3) is 0.0435. The third-order valence-electron chi connectivity index (χ3n) is 4.20. The fourth-order valence-electron chi connectivity index (χ4n) is 2.76. The van der Waals surface area contributed by atoms with Crippen molar-refractivity contribution in [3.8, 4) is 16.9 Å². The molecule has 0 fully saturated rings. The lowest BCUT2D eigenvalue weighted by Crippen LogP contribution is -2.43. The minimum atomic E-state index is -0.642. The summed E-state index contributed by atoms with van der Waals surface area (Å²) in [6.45, 7) is -0.308. The first kappa shape index (κ1) is 21.3. The number of para-hydroxylation sites is 2. The molecule has 3 rings (SSSR count). The summed E-state index contributed by atoms with van der Waals surface area (Å²) in [5.74, 6) is -0.669. The molecule has 0 radical (unpaired) electrons. The van der Waals surface area contributed by atoms with Crippen molar-refractivity contribution in [3.05, 3.63) is 101 Å². The van der Waals surface area contributed by atoms with Crippen molar-refractivity contribution in [1.82, 2.24) is 10.9 Å². The van der Waals surface area contributed by atoms with E-state index in [1.807, 2.05) is 42.5 Å². The Bertz CT molecular complexity index is 1110. The van der Waals surface area contributed by atoms with E-state index in [2.05, 4.69) is 10.9 Å². The van der Waals surface area contributed by atoms with Crippen LogP contribution >= 0.6 is 0 Å². The fourth-order valence-corrected chi connectivity index (χ4v) is 2.76. The van der Waals surface area contributed by atoms with Gasteiger partial charge in [-0.1, -0.05) is 60.7 Å². The Balaban J connectivity index is 1.53. The number of nitro groups is 1. The van der Waals surface area contributed by atoms with Gasteiger partial charge in [-0.2, -0.15) is 0 Å². The number of hydrogen-bond donors (Lipinski definition) is 2. The van der Waals surface area contributed by atoms with E-state index in [0.29, 0.717) is 5.75 Å². The molecule has 0 saturated carbocycles. The molecular formula is C23H19N3O5. The molecule has 31 heavy (non-hydrogen) atoms. The van der Waals surface area contributed by atoms with E-state index < -0.39 is 16.7 Å². The van der Waals surface area contributed by atoms with Crippen LogP contribution in [0.5, 0.6) is 5.75 Å². The normalized spacial score (nSPS) is 10.5. The van der Waals surface area contributed by atoms with Gasteiger partial charge in [-0.15, -0.1) is 0 Å². The van der Waals surface area contributed by atoms with Crippen LogP contribution in [0.1, 0.15) is 5.56 Å². The van der Waals surface area contributed by atoms with Gasteiger partial charge in [0, 0.05) is 17.7 Å². The summed E-state index contributed by atoms with van der Waals surface area (Å²) < 4.78 is 5.60. The van der Waals surface area contributed by atoms with Crippen LogP contribution in [0.2, 0.25) is 0 Å². The van der Waals surface area contributed by atoms with Crippen LogP contribution in [0, 0.1) is 10.1 Å². The Morgan fingerprint density at radius 2 is 1.58 bits per heavy atom. The lowest BCUT2D eigenvalue weighted by atomic mass is 10.1. The second kappa shape index (κ2) is 10.4. The van der Waals surface area contributed by atoms with Crippen LogP contribution in [0.25, 0.3) is 17.2 Å². The molecule has 156 valence electrons. The van der Waals surface area contributed by atoms with Gasteiger partial charge in [0.15, 0.2) is 6.61 Å². The largest absolute Gasteiger partial charge is 0.483 e. The minimum Gasteiger partial charge on any atom is -0.483 e. The number of nitro benzene ring substituents is 1. The van der Waals surface area contributed by atoms with E-state index in [1.165, 1.54) is 24.3 Å². The van der Waals surface area contributed by atoms with Crippen LogP contribution < -0.4 is 15.6 Å². The van der Waals surface area contributed by atoms with E-state index in [0.717, 1.165) is 17.2 Å². The molecule has 3 aromatic carbocycles. The van der Waals surface area contributed by atoms with Crippen LogP contribution in [0.3, 0.4) is 0 Å². The van der Waals surface area contributed by atoms with Gasteiger partial charge in [0.05, 0.1) is 10.5 Å². The molecule has 0 aliphatic heterocycles. The molecule has 0 bridgehead atoms. The van der Waals surface area contributed by atoms with E-state index in [9.17, 15) is 19.7 Å². The molecule has 2 N–H and O–H groups in total. The number of nitrogens with zero attached hydrogens (tertiary/aromatic N) is 1. The van der Waals surface area contributed by atoms with Crippen molar-refractivity contribution in [2.45, 2.75) is 0 Å². The minimum absolute atomic E-state index is 0.124. The number of rotatable bonds is 7. The standard InChI is InChI=1S/C23H19N3O5/c27-22(15-14-18-10-4-6-12-20(18)26(29)30)24-25-23(28)16-31-21-13-7-5-11-19(21)17-8-2-1-3-9-17/h1-15H,16H2,(H,24,27)(H,25,28)/b15-14+. The first-order valence-corrected chi connectivity index (χ1v) is 9.32. The number of nitrogens with one attached hydrogen (secondary N) is 2. The number of carbonyl (C=O) groups is 2. The van der Waals surface area contributed by atoms with Gasteiger partial charge in [-0.25, -0.2) is 0 Å². The summed E-state index contributed by atoms with van der Waals surface area (Å²) >= 11 is 0. The quantitative estimate of drug-likeness (QED) is 0.347.